The minimum atomic E-state index is -0.489. The maximum Gasteiger partial charge on any atom is 0.308 e. The number of carbonyl (C=O) groups excluding carboxylic acids is 1. The number of nitro groups is 1. The van der Waals surface area contributed by atoms with Crippen LogP contribution in [0, 0.1) is 33.3 Å². The van der Waals surface area contributed by atoms with Gasteiger partial charge in [0.25, 0.3) is 5.69 Å². The van der Waals surface area contributed by atoms with Crippen LogP contribution in [0.1, 0.15) is 31.2 Å². The number of benzene rings is 1. The van der Waals surface area contributed by atoms with Gasteiger partial charge in [0.15, 0.2) is 0 Å². The first-order valence-electron chi connectivity index (χ1n) is 7.55. The Kier molecular flexibility index (Phi) is 5.52. The third-order valence-electron chi connectivity index (χ3n) is 4.29. The van der Waals surface area contributed by atoms with Crippen LogP contribution in [0.5, 0.6) is 0 Å². The zero-order valence-electron chi connectivity index (χ0n) is 12.9. The van der Waals surface area contributed by atoms with Crippen LogP contribution in [0.4, 0.5) is 11.4 Å². The fourth-order valence-corrected chi connectivity index (χ4v) is 2.92. The fraction of sp³-hybridized carbons (Fsp3) is 0.500. The Labute approximate surface area is 134 Å². The molecule has 0 aromatic heterocycles. The first-order chi connectivity index (χ1) is 11.0. The second-order valence-electron chi connectivity index (χ2n) is 5.72. The summed E-state index contributed by atoms with van der Waals surface area (Å²) in [6.07, 6.45) is 3.34. The number of methoxy groups -OCH3 is 1. The van der Waals surface area contributed by atoms with Gasteiger partial charge in [-0.25, -0.2) is 0 Å². The topological polar surface area (TPSA) is 105 Å². The Balaban J connectivity index is 1.93. The van der Waals surface area contributed by atoms with Gasteiger partial charge < -0.3 is 10.1 Å². The highest BCUT2D eigenvalue weighted by Crippen LogP contribution is 2.31. The average Bonchev–Trinajstić information content (AvgIpc) is 2.59. The molecule has 0 aliphatic heterocycles. The number of nitrogens with one attached hydrogen (secondary N) is 1. The summed E-state index contributed by atoms with van der Waals surface area (Å²) >= 11 is 0. The molecule has 0 amide bonds. The van der Waals surface area contributed by atoms with Crippen LogP contribution in [-0.4, -0.2) is 24.5 Å². The van der Waals surface area contributed by atoms with Gasteiger partial charge in [-0.2, -0.15) is 5.26 Å². The van der Waals surface area contributed by atoms with Crippen LogP contribution in [-0.2, 0) is 9.53 Å². The molecule has 2 rings (SSSR count). The second kappa shape index (κ2) is 7.58. The van der Waals surface area contributed by atoms with Gasteiger partial charge in [0.2, 0.25) is 0 Å². The number of nitro benzene ring substituents is 1. The second-order valence-corrected chi connectivity index (χ2v) is 5.72. The van der Waals surface area contributed by atoms with Crippen molar-refractivity contribution < 1.29 is 14.5 Å². The SMILES string of the molecule is COC(=O)[C@H]1CC[C@H](CNc2ccc(C#N)cc2[N+](=O)[O-])CC1. The van der Waals surface area contributed by atoms with E-state index in [2.05, 4.69) is 5.32 Å². The van der Waals surface area contributed by atoms with Gasteiger partial charge in [0, 0.05) is 12.6 Å². The summed E-state index contributed by atoms with van der Waals surface area (Å²) in [5.74, 6) is 0.186. The van der Waals surface area contributed by atoms with Crippen molar-refractivity contribution in [2.75, 3.05) is 19.0 Å². The van der Waals surface area contributed by atoms with E-state index in [-0.39, 0.29) is 23.1 Å². The van der Waals surface area contributed by atoms with Crippen molar-refractivity contribution in [2.24, 2.45) is 11.8 Å². The summed E-state index contributed by atoms with van der Waals surface area (Å²) in [6.45, 7) is 0.612. The number of nitriles is 1. The number of anilines is 1. The third-order valence-corrected chi connectivity index (χ3v) is 4.29. The molecule has 0 unspecified atom stereocenters. The average molecular weight is 317 g/mol. The van der Waals surface area contributed by atoms with Crippen LogP contribution in [0.15, 0.2) is 18.2 Å². The lowest BCUT2D eigenvalue weighted by Crippen LogP contribution is -2.26. The molecule has 0 saturated heterocycles. The molecule has 7 heteroatoms. The van der Waals surface area contributed by atoms with E-state index in [0.29, 0.717) is 18.2 Å². The van der Waals surface area contributed by atoms with Crippen LogP contribution in [0.2, 0.25) is 0 Å². The van der Waals surface area contributed by atoms with Gasteiger partial charge in [-0.1, -0.05) is 0 Å². The maximum atomic E-state index is 11.5. The van der Waals surface area contributed by atoms with E-state index >= 15 is 0 Å². The van der Waals surface area contributed by atoms with E-state index in [0.717, 1.165) is 25.7 Å². The predicted molar refractivity (Wildman–Crippen MR) is 83.8 cm³/mol. The minimum Gasteiger partial charge on any atom is -0.469 e. The van der Waals surface area contributed by atoms with Crippen LogP contribution >= 0.6 is 0 Å². The highest BCUT2D eigenvalue weighted by Gasteiger charge is 2.27. The Morgan fingerprint density at radius 2 is 2.13 bits per heavy atom. The Bertz CT molecular complexity index is 631. The monoisotopic (exact) mass is 317 g/mol. The summed E-state index contributed by atoms with van der Waals surface area (Å²) < 4.78 is 4.76. The maximum absolute atomic E-state index is 11.5. The molecule has 122 valence electrons. The molecule has 0 atom stereocenters. The third kappa shape index (κ3) is 4.19. The molecule has 1 aliphatic rings. The Hall–Kier alpha value is -2.62. The summed E-state index contributed by atoms with van der Waals surface area (Å²) in [6, 6.07) is 6.30. The largest absolute Gasteiger partial charge is 0.469 e. The van der Waals surface area contributed by atoms with Crippen molar-refractivity contribution in [2.45, 2.75) is 25.7 Å². The molecule has 1 aromatic rings. The lowest BCUT2D eigenvalue weighted by molar-refractivity contribution is -0.384. The quantitative estimate of drug-likeness (QED) is 0.508. The summed E-state index contributed by atoms with van der Waals surface area (Å²) in [4.78, 5) is 22.1. The van der Waals surface area contributed by atoms with Crippen molar-refractivity contribution >= 4 is 17.3 Å². The van der Waals surface area contributed by atoms with E-state index in [4.69, 9.17) is 10.00 Å². The lowest BCUT2D eigenvalue weighted by atomic mass is 9.82. The molecule has 0 radical (unpaired) electrons. The first-order valence-corrected chi connectivity index (χ1v) is 7.55. The van der Waals surface area contributed by atoms with E-state index in [1.807, 2.05) is 6.07 Å². The Morgan fingerprint density at radius 1 is 1.43 bits per heavy atom. The number of rotatable bonds is 5. The smallest absolute Gasteiger partial charge is 0.308 e. The van der Waals surface area contributed by atoms with Crippen molar-refractivity contribution in [3.8, 4) is 6.07 Å². The van der Waals surface area contributed by atoms with Crippen LogP contribution in [0.3, 0.4) is 0 Å². The van der Waals surface area contributed by atoms with Crippen molar-refractivity contribution in [3.05, 3.63) is 33.9 Å². The number of hydrogen-bond acceptors (Lipinski definition) is 6. The predicted octanol–water partition coefficient (Wildman–Crippen LogP) is 2.86. The minimum absolute atomic E-state index is 0.0273. The number of ether oxygens (including phenoxy) is 1. The van der Waals surface area contributed by atoms with E-state index in [1.165, 1.54) is 13.2 Å². The fourth-order valence-electron chi connectivity index (χ4n) is 2.92. The molecular formula is C16H19N3O4. The Morgan fingerprint density at radius 3 is 2.70 bits per heavy atom. The molecule has 0 bridgehead atoms. The molecule has 23 heavy (non-hydrogen) atoms. The number of esters is 1. The van der Waals surface area contributed by atoms with Gasteiger partial charge in [-0.15, -0.1) is 0 Å². The number of nitrogens with zero attached hydrogens (tertiary/aromatic N) is 2. The molecule has 1 N–H and O–H groups in total. The molecule has 1 saturated carbocycles. The molecule has 0 heterocycles. The molecule has 1 fully saturated rings. The van der Waals surface area contributed by atoms with Crippen LogP contribution in [0.25, 0.3) is 0 Å². The number of carbonyl (C=O) groups is 1. The first kappa shape index (κ1) is 16.7. The van der Waals surface area contributed by atoms with E-state index < -0.39 is 4.92 Å². The van der Waals surface area contributed by atoms with E-state index in [1.54, 1.807) is 12.1 Å². The van der Waals surface area contributed by atoms with E-state index in [9.17, 15) is 14.9 Å². The molecule has 1 aromatic carbocycles. The zero-order chi connectivity index (χ0) is 16.8. The van der Waals surface area contributed by atoms with Gasteiger partial charge in [0.05, 0.1) is 29.6 Å². The molecule has 1 aliphatic carbocycles. The zero-order valence-corrected chi connectivity index (χ0v) is 12.9. The summed E-state index contributed by atoms with van der Waals surface area (Å²) in [5, 5.41) is 23.0. The van der Waals surface area contributed by atoms with Crippen LogP contribution < -0.4 is 5.32 Å². The van der Waals surface area contributed by atoms with Gasteiger partial charge >= 0.3 is 5.97 Å². The summed E-state index contributed by atoms with van der Waals surface area (Å²) in [5.41, 5.74) is 0.595. The van der Waals surface area contributed by atoms with Crippen molar-refractivity contribution in [1.29, 1.82) is 5.26 Å². The standard InChI is InChI=1S/C16H19N3O4/c1-23-16(20)13-5-2-11(3-6-13)10-18-14-7-4-12(9-17)8-15(14)19(21)22/h4,7-8,11,13,18H,2-3,5-6,10H2,1H3/t11-,13-. The normalized spacial score (nSPS) is 20.3. The molecule has 0 spiro atoms. The van der Waals surface area contributed by atoms with Crippen molar-refractivity contribution in [3.63, 3.8) is 0 Å². The number of hydrogen-bond donors (Lipinski definition) is 1. The summed E-state index contributed by atoms with van der Waals surface area (Å²) in [7, 11) is 1.40. The highest BCUT2D eigenvalue weighted by molar-refractivity contribution is 5.72. The van der Waals surface area contributed by atoms with Gasteiger partial charge in [0.1, 0.15) is 5.69 Å². The van der Waals surface area contributed by atoms with Gasteiger partial charge in [-0.3, -0.25) is 14.9 Å². The van der Waals surface area contributed by atoms with Crippen molar-refractivity contribution in [1.82, 2.24) is 0 Å². The lowest BCUT2D eigenvalue weighted by Gasteiger charge is -2.27. The molecule has 7 nitrogen and oxygen atoms in total. The molecular weight excluding hydrogens is 298 g/mol. The highest BCUT2D eigenvalue weighted by atomic mass is 16.6. The van der Waals surface area contributed by atoms with Gasteiger partial charge in [-0.05, 0) is 43.7 Å².